The largest absolute Gasteiger partial charge is 0.399 e. The molecule has 2 aromatic carbocycles. The molecule has 0 atom stereocenters. The Hall–Kier alpha value is -1.31. The van der Waals surface area contributed by atoms with E-state index in [1.807, 2.05) is 0 Å². The lowest BCUT2D eigenvalue weighted by Gasteiger charge is -2.10. The van der Waals surface area contributed by atoms with Gasteiger partial charge in [0.2, 0.25) is 0 Å². The third kappa shape index (κ3) is 3.23. The number of hydrogen-bond acceptors (Lipinski definition) is 3. The van der Waals surface area contributed by atoms with E-state index in [1.165, 1.54) is 30.3 Å². The molecule has 0 saturated carbocycles. The van der Waals surface area contributed by atoms with Gasteiger partial charge in [0.05, 0.1) is 15.2 Å². The van der Waals surface area contributed by atoms with Crippen molar-refractivity contribution in [3.05, 3.63) is 51.7 Å². The number of nitrogens with two attached hydrogens (primary N) is 1. The molecule has 20 heavy (non-hydrogen) atoms. The molecule has 0 fully saturated rings. The first-order valence-electron chi connectivity index (χ1n) is 5.32. The first-order chi connectivity index (χ1) is 9.29. The first-order valence-corrected chi connectivity index (χ1v) is 7.98. The highest BCUT2D eigenvalue weighted by atomic mass is 79.9. The summed E-state index contributed by atoms with van der Waals surface area (Å²) in [7, 11) is -3.90. The number of benzene rings is 2. The number of halogens is 3. The molecule has 0 aliphatic heterocycles. The lowest BCUT2D eigenvalue weighted by molar-refractivity contribution is 0.601. The van der Waals surface area contributed by atoms with Crippen molar-refractivity contribution in [2.45, 2.75) is 4.90 Å². The van der Waals surface area contributed by atoms with Crippen molar-refractivity contribution in [1.29, 1.82) is 0 Å². The fourth-order valence-corrected chi connectivity index (χ4v) is 3.46. The van der Waals surface area contributed by atoms with Crippen molar-refractivity contribution in [2.24, 2.45) is 0 Å². The van der Waals surface area contributed by atoms with E-state index >= 15 is 0 Å². The molecule has 0 aliphatic carbocycles. The van der Waals surface area contributed by atoms with Crippen LogP contribution in [0.1, 0.15) is 0 Å². The van der Waals surface area contributed by atoms with Crippen molar-refractivity contribution in [3.63, 3.8) is 0 Å². The predicted octanol–water partition coefficient (Wildman–Crippen LogP) is 3.62. The molecule has 3 N–H and O–H groups in total. The van der Waals surface area contributed by atoms with Gasteiger partial charge in [-0.05, 0) is 52.3 Å². The van der Waals surface area contributed by atoms with Crippen LogP contribution in [-0.4, -0.2) is 8.42 Å². The topological polar surface area (TPSA) is 72.2 Å². The third-order valence-corrected chi connectivity index (χ3v) is 4.89. The zero-order valence-corrected chi connectivity index (χ0v) is 13.1. The minimum Gasteiger partial charge on any atom is -0.399 e. The Bertz CT molecular complexity index is 768. The summed E-state index contributed by atoms with van der Waals surface area (Å²) >= 11 is 8.84. The van der Waals surface area contributed by atoms with E-state index in [4.69, 9.17) is 17.3 Å². The van der Waals surface area contributed by atoms with Gasteiger partial charge in [-0.3, -0.25) is 4.72 Å². The second-order valence-corrected chi connectivity index (χ2v) is 6.84. The van der Waals surface area contributed by atoms with Gasteiger partial charge in [-0.2, -0.15) is 0 Å². The molecule has 4 nitrogen and oxygen atoms in total. The number of hydrogen-bond donors (Lipinski definition) is 2. The standard InChI is InChI=1S/C12H9BrClFN2O2S/c13-9-6-8(2-4-11(9)15)17-20(18,19)12-5-7(16)1-3-10(12)14/h1-6,17H,16H2. The average molecular weight is 380 g/mol. The van der Waals surface area contributed by atoms with Gasteiger partial charge in [0.25, 0.3) is 10.0 Å². The molecule has 0 unspecified atom stereocenters. The van der Waals surface area contributed by atoms with Crippen molar-refractivity contribution < 1.29 is 12.8 Å². The van der Waals surface area contributed by atoms with Crippen LogP contribution >= 0.6 is 27.5 Å². The Morgan fingerprint density at radius 2 is 1.90 bits per heavy atom. The summed E-state index contributed by atoms with van der Waals surface area (Å²) in [5.41, 5.74) is 6.03. The van der Waals surface area contributed by atoms with Crippen LogP contribution in [-0.2, 0) is 10.0 Å². The van der Waals surface area contributed by atoms with Crippen LogP contribution in [0.3, 0.4) is 0 Å². The van der Waals surface area contributed by atoms with E-state index in [0.717, 1.165) is 6.07 Å². The van der Waals surface area contributed by atoms with Crippen molar-refractivity contribution in [3.8, 4) is 0 Å². The van der Waals surface area contributed by atoms with Gasteiger partial charge in [-0.15, -0.1) is 0 Å². The van der Waals surface area contributed by atoms with E-state index in [9.17, 15) is 12.8 Å². The van der Waals surface area contributed by atoms with Crippen LogP contribution in [0, 0.1) is 5.82 Å². The van der Waals surface area contributed by atoms with Gasteiger partial charge < -0.3 is 5.73 Å². The van der Waals surface area contributed by atoms with Gasteiger partial charge in [0, 0.05) is 5.69 Å². The summed E-state index contributed by atoms with van der Waals surface area (Å²) in [4.78, 5) is -0.139. The minimum atomic E-state index is -3.90. The summed E-state index contributed by atoms with van der Waals surface area (Å²) in [6, 6.07) is 7.90. The zero-order valence-electron chi connectivity index (χ0n) is 9.90. The molecular formula is C12H9BrClFN2O2S. The SMILES string of the molecule is Nc1ccc(Cl)c(S(=O)(=O)Nc2ccc(F)c(Br)c2)c1. The molecule has 0 bridgehead atoms. The highest BCUT2D eigenvalue weighted by molar-refractivity contribution is 9.10. The minimum absolute atomic E-state index is 0.0490. The zero-order chi connectivity index (χ0) is 14.9. The van der Waals surface area contributed by atoms with E-state index in [2.05, 4.69) is 20.7 Å². The fourth-order valence-electron chi connectivity index (χ4n) is 1.50. The van der Waals surface area contributed by atoms with Crippen molar-refractivity contribution in [1.82, 2.24) is 0 Å². The molecule has 106 valence electrons. The Labute approximate surface area is 128 Å². The summed E-state index contributed by atoms with van der Waals surface area (Å²) in [6.07, 6.45) is 0. The van der Waals surface area contributed by atoms with Crippen molar-refractivity contribution >= 4 is 48.9 Å². The lowest BCUT2D eigenvalue weighted by atomic mass is 10.3. The Balaban J connectivity index is 2.40. The second-order valence-electron chi connectivity index (χ2n) is 3.92. The van der Waals surface area contributed by atoms with Crippen LogP contribution in [0.25, 0.3) is 0 Å². The smallest absolute Gasteiger partial charge is 0.263 e. The number of nitrogens with one attached hydrogen (secondary N) is 1. The molecule has 0 radical (unpaired) electrons. The van der Waals surface area contributed by atoms with Crippen LogP contribution in [0.15, 0.2) is 45.8 Å². The van der Waals surface area contributed by atoms with Gasteiger partial charge in [-0.1, -0.05) is 11.6 Å². The normalized spacial score (nSPS) is 11.3. The first kappa shape index (κ1) is 15.1. The third-order valence-electron chi connectivity index (χ3n) is 2.42. The van der Waals surface area contributed by atoms with Gasteiger partial charge in [-0.25, -0.2) is 12.8 Å². The number of nitrogen functional groups attached to an aromatic ring is 1. The van der Waals surface area contributed by atoms with E-state index in [1.54, 1.807) is 0 Å². The molecule has 2 aromatic rings. The summed E-state index contributed by atoms with van der Waals surface area (Å²) in [6.45, 7) is 0. The van der Waals surface area contributed by atoms with E-state index in [-0.39, 0.29) is 25.8 Å². The summed E-state index contributed by atoms with van der Waals surface area (Å²) in [5.74, 6) is -0.491. The molecule has 2 rings (SSSR count). The molecule has 0 amide bonds. The molecule has 0 spiro atoms. The van der Waals surface area contributed by atoms with E-state index < -0.39 is 15.8 Å². The number of anilines is 2. The molecule has 8 heteroatoms. The molecule has 0 aromatic heterocycles. The second kappa shape index (κ2) is 5.59. The van der Waals surface area contributed by atoms with Crippen LogP contribution in [0.5, 0.6) is 0 Å². The summed E-state index contributed by atoms with van der Waals surface area (Å²) in [5, 5.41) is 0.0490. The predicted molar refractivity (Wildman–Crippen MR) is 80.8 cm³/mol. The van der Waals surface area contributed by atoms with Crippen LogP contribution in [0.2, 0.25) is 5.02 Å². The number of sulfonamides is 1. The fraction of sp³-hybridized carbons (Fsp3) is 0. The number of rotatable bonds is 3. The quantitative estimate of drug-likeness (QED) is 0.800. The molecule has 0 saturated heterocycles. The molecular weight excluding hydrogens is 371 g/mol. The maximum atomic E-state index is 13.1. The molecule has 0 aliphatic rings. The average Bonchev–Trinajstić information content (AvgIpc) is 2.36. The van der Waals surface area contributed by atoms with Crippen LogP contribution < -0.4 is 10.5 Å². The Kier molecular flexibility index (Phi) is 4.22. The maximum absolute atomic E-state index is 13.1. The Morgan fingerprint density at radius 1 is 1.20 bits per heavy atom. The van der Waals surface area contributed by atoms with Gasteiger partial charge >= 0.3 is 0 Å². The maximum Gasteiger partial charge on any atom is 0.263 e. The molecule has 0 heterocycles. The van der Waals surface area contributed by atoms with Gasteiger partial charge in [0.1, 0.15) is 10.7 Å². The lowest BCUT2D eigenvalue weighted by Crippen LogP contribution is -2.14. The highest BCUT2D eigenvalue weighted by Gasteiger charge is 2.18. The Morgan fingerprint density at radius 3 is 2.55 bits per heavy atom. The van der Waals surface area contributed by atoms with Gasteiger partial charge in [0.15, 0.2) is 0 Å². The van der Waals surface area contributed by atoms with Crippen molar-refractivity contribution in [2.75, 3.05) is 10.5 Å². The summed E-state index contributed by atoms with van der Waals surface area (Å²) < 4.78 is 40.0. The highest BCUT2D eigenvalue weighted by Crippen LogP contribution is 2.27. The monoisotopic (exact) mass is 378 g/mol. The van der Waals surface area contributed by atoms with Crippen LogP contribution in [0.4, 0.5) is 15.8 Å². The van der Waals surface area contributed by atoms with E-state index in [0.29, 0.717) is 0 Å².